The first kappa shape index (κ1) is 19.9. The lowest BCUT2D eigenvalue weighted by Crippen LogP contribution is -2.37. The molecule has 3 aromatic rings. The van der Waals surface area contributed by atoms with Crippen molar-refractivity contribution in [1.82, 2.24) is 24.9 Å². The second-order valence-corrected chi connectivity index (χ2v) is 7.37. The minimum absolute atomic E-state index is 0.156. The molecule has 8 nitrogen and oxygen atoms in total. The van der Waals surface area contributed by atoms with E-state index in [2.05, 4.69) is 27.4 Å². The van der Waals surface area contributed by atoms with Gasteiger partial charge >= 0.3 is 5.97 Å². The topological polar surface area (TPSA) is 93.1 Å². The lowest BCUT2D eigenvalue weighted by atomic mass is 10.0. The summed E-state index contributed by atoms with van der Waals surface area (Å²) in [4.78, 5) is 27.1. The molecular formula is C22H25N5O3. The maximum atomic E-state index is 12.8. The lowest BCUT2D eigenvalue weighted by molar-refractivity contribution is 0.0513. The zero-order valence-corrected chi connectivity index (χ0v) is 17.2. The van der Waals surface area contributed by atoms with Crippen molar-refractivity contribution >= 4 is 11.9 Å². The molecule has 1 amide bonds. The first-order valence-electron chi connectivity index (χ1n) is 10.2. The largest absolute Gasteiger partial charge is 0.461 e. The maximum Gasteiger partial charge on any atom is 0.359 e. The molecule has 1 aliphatic rings. The number of aromatic nitrogens is 4. The highest BCUT2D eigenvalue weighted by atomic mass is 16.5. The van der Waals surface area contributed by atoms with E-state index in [0.29, 0.717) is 37.4 Å². The smallest absolute Gasteiger partial charge is 0.359 e. The molecule has 0 saturated carbocycles. The Bertz CT molecular complexity index is 1050. The highest BCUT2D eigenvalue weighted by molar-refractivity contribution is 5.93. The molecule has 1 aliphatic heterocycles. The summed E-state index contributed by atoms with van der Waals surface area (Å²) in [6, 6.07) is 11.9. The van der Waals surface area contributed by atoms with Crippen LogP contribution in [0.5, 0.6) is 0 Å². The number of carbonyl (C=O) groups excluding carboxylic acids is 2. The van der Waals surface area contributed by atoms with Crippen LogP contribution in [0.4, 0.5) is 0 Å². The Morgan fingerprint density at radius 1 is 1.23 bits per heavy atom. The Labute approximate surface area is 174 Å². The van der Waals surface area contributed by atoms with Gasteiger partial charge in [-0.05, 0) is 31.9 Å². The van der Waals surface area contributed by atoms with E-state index < -0.39 is 5.97 Å². The average Bonchev–Trinajstić information content (AvgIpc) is 3.36. The number of nitrogens with one attached hydrogen (secondary N) is 1. The predicted octanol–water partition coefficient (Wildman–Crippen LogP) is 2.53. The van der Waals surface area contributed by atoms with E-state index >= 15 is 0 Å². The molecule has 1 N–H and O–H groups in total. The molecule has 30 heavy (non-hydrogen) atoms. The van der Waals surface area contributed by atoms with Crippen molar-refractivity contribution in [2.24, 2.45) is 0 Å². The molecule has 0 bridgehead atoms. The molecule has 0 unspecified atom stereocenters. The van der Waals surface area contributed by atoms with Crippen molar-refractivity contribution in [3.63, 3.8) is 0 Å². The molecule has 8 heteroatoms. The summed E-state index contributed by atoms with van der Waals surface area (Å²) in [6.07, 6.45) is 1.44. The number of H-pyrrole nitrogens is 1. The van der Waals surface area contributed by atoms with Crippen LogP contribution in [0.2, 0.25) is 0 Å². The zero-order valence-electron chi connectivity index (χ0n) is 17.2. The number of amides is 1. The van der Waals surface area contributed by atoms with Gasteiger partial charge in [0.25, 0.3) is 5.91 Å². The molecule has 0 atom stereocenters. The van der Waals surface area contributed by atoms with Crippen molar-refractivity contribution in [1.29, 1.82) is 0 Å². The van der Waals surface area contributed by atoms with E-state index in [0.717, 1.165) is 23.4 Å². The zero-order chi connectivity index (χ0) is 21.1. The SMILES string of the molecule is CCOC(=O)c1nn(CCc2ccccc2)c2c1CN(C(=O)c1cc(C)[nH]n1)CC2. The number of hydrogen-bond acceptors (Lipinski definition) is 5. The number of aryl methyl sites for hydroxylation is 3. The number of aromatic amines is 1. The van der Waals surface area contributed by atoms with Crippen LogP contribution in [0.15, 0.2) is 36.4 Å². The van der Waals surface area contributed by atoms with Gasteiger partial charge in [0, 0.05) is 36.5 Å². The third-order valence-electron chi connectivity index (χ3n) is 5.27. The van der Waals surface area contributed by atoms with Crippen LogP contribution in [0, 0.1) is 6.92 Å². The van der Waals surface area contributed by atoms with Crippen LogP contribution in [0.25, 0.3) is 0 Å². The first-order valence-corrected chi connectivity index (χ1v) is 10.2. The summed E-state index contributed by atoms with van der Waals surface area (Å²) in [7, 11) is 0. The van der Waals surface area contributed by atoms with E-state index in [9.17, 15) is 9.59 Å². The van der Waals surface area contributed by atoms with Crippen LogP contribution < -0.4 is 0 Å². The Morgan fingerprint density at radius 3 is 2.73 bits per heavy atom. The number of carbonyl (C=O) groups is 2. The van der Waals surface area contributed by atoms with Gasteiger partial charge in [0.05, 0.1) is 13.2 Å². The number of nitrogens with zero attached hydrogens (tertiary/aromatic N) is 4. The summed E-state index contributed by atoms with van der Waals surface area (Å²) in [5.74, 6) is -0.603. The number of ether oxygens (including phenoxy) is 1. The van der Waals surface area contributed by atoms with Gasteiger partial charge in [-0.3, -0.25) is 14.6 Å². The Balaban J connectivity index is 1.59. The van der Waals surface area contributed by atoms with E-state index in [1.165, 1.54) is 5.56 Å². The minimum atomic E-state index is -0.447. The third kappa shape index (κ3) is 3.98. The minimum Gasteiger partial charge on any atom is -0.461 e. The van der Waals surface area contributed by atoms with Gasteiger partial charge in [-0.1, -0.05) is 30.3 Å². The van der Waals surface area contributed by atoms with Gasteiger partial charge < -0.3 is 9.64 Å². The number of hydrogen-bond donors (Lipinski definition) is 1. The van der Waals surface area contributed by atoms with Crippen LogP contribution >= 0.6 is 0 Å². The fourth-order valence-corrected chi connectivity index (χ4v) is 3.78. The predicted molar refractivity (Wildman–Crippen MR) is 110 cm³/mol. The molecule has 0 radical (unpaired) electrons. The number of esters is 1. The maximum absolute atomic E-state index is 12.8. The third-order valence-corrected chi connectivity index (χ3v) is 5.27. The Kier molecular flexibility index (Phi) is 5.65. The molecule has 0 saturated heterocycles. The highest BCUT2D eigenvalue weighted by Gasteiger charge is 2.31. The molecule has 156 valence electrons. The quantitative estimate of drug-likeness (QED) is 0.634. The van der Waals surface area contributed by atoms with E-state index in [1.807, 2.05) is 29.8 Å². The molecule has 2 aromatic heterocycles. The van der Waals surface area contributed by atoms with Crippen LogP contribution in [0.1, 0.15) is 50.4 Å². The van der Waals surface area contributed by atoms with Gasteiger partial charge in [-0.15, -0.1) is 0 Å². The second kappa shape index (κ2) is 8.52. The van der Waals surface area contributed by atoms with E-state index in [4.69, 9.17) is 4.74 Å². The normalized spacial score (nSPS) is 13.2. The van der Waals surface area contributed by atoms with Gasteiger partial charge in [0.1, 0.15) is 5.69 Å². The molecule has 1 aromatic carbocycles. The fourth-order valence-electron chi connectivity index (χ4n) is 3.78. The highest BCUT2D eigenvalue weighted by Crippen LogP contribution is 2.25. The molecule has 3 heterocycles. The summed E-state index contributed by atoms with van der Waals surface area (Å²) >= 11 is 0. The molecule has 4 rings (SSSR count). The lowest BCUT2D eigenvalue weighted by Gasteiger charge is -2.27. The van der Waals surface area contributed by atoms with Gasteiger partial charge in [-0.25, -0.2) is 4.79 Å². The van der Waals surface area contributed by atoms with Crippen molar-refractivity contribution in [2.75, 3.05) is 13.2 Å². The van der Waals surface area contributed by atoms with Crippen LogP contribution in [-0.4, -0.2) is 49.9 Å². The fraction of sp³-hybridized carbons (Fsp3) is 0.364. The number of rotatable bonds is 6. The second-order valence-electron chi connectivity index (χ2n) is 7.37. The molecule has 0 fully saturated rings. The summed E-state index contributed by atoms with van der Waals surface area (Å²) in [5.41, 5.74) is 4.49. The van der Waals surface area contributed by atoms with Crippen molar-refractivity contribution in [3.05, 3.63) is 70.3 Å². The van der Waals surface area contributed by atoms with Gasteiger partial charge in [-0.2, -0.15) is 10.2 Å². The number of fused-ring (bicyclic) bond motifs is 1. The van der Waals surface area contributed by atoms with Crippen LogP contribution in [0.3, 0.4) is 0 Å². The summed E-state index contributed by atoms with van der Waals surface area (Å²) in [6.45, 7) is 5.44. The van der Waals surface area contributed by atoms with Crippen molar-refractivity contribution < 1.29 is 14.3 Å². The number of benzene rings is 1. The van der Waals surface area contributed by atoms with Crippen molar-refractivity contribution in [3.8, 4) is 0 Å². The average molecular weight is 407 g/mol. The monoisotopic (exact) mass is 407 g/mol. The summed E-state index contributed by atoms with van der Waals surface area (Å²) < 4.78 is 7.12. The van der Waals surface area contributed by atoms with Gasteiger partial charge in [0.15, 0.2) is 5.69 Å². The molecular weight excluding hydrogens is 382 g/mol. The Morgan fingerprint density at radius 2 is 2.03 bits per heavy atom. The van der Waals surface area contributed by atoms with E-state index in [-0.39, 0.29) is 12.5 Å². The first-order chi connectivity index (χ1) is 14.6. The Hall–Kier alpha value is -3.42. The van der Waals surface area contributed by atoms with Crippen molar-refractivity contribution in [2.45, 2.75) is 39.8 Å². The molecule has 0 spiro atoms. The standard InChI is InChI=1S/C22H25N5O3/c1-3-30-22(29)20-17-14-26(21(28)18-13-15(2)23-24-18)11-10-19(17)27(25-20)12-9-16-7-5-4-6-8-16/h4-8,13H,3,9-12,14H2,1-2H3,(H,23,24). The van der Waals surface area contributed by atoms with Crippen LogP contribution in [-0.2, 0) is 30.7 Å². The van der Waals surface area contributed by atoms with E-state index in [1.54, 1.807) is 17.9 Å². The van der Waals surface area contributed by atoms with Gasteiger partial charge in [0.2, 0.25) is 0 Å². The summed E-state index contributed by atoms with van der Waals surface area (Å²) in [5, 5.41) is 11.5. The molecule has 0 aliphatic carbocycles.